The van der Waals surface area contributed by atoms with E-state index in [-0.39, 0.29) is 17.9 Å². The summed E-state index contributed by atoms with van der Waals surface area (Å²) in [5, 5.41) is 2.58. The number of rotatable bonds is 2. The second-order valence-electron chi connectivity index (χ2n) is 3.30. The highest BCUT2D eigenvalue weighted by Crippen LogP contribution is 2.17. The molecule has 0 aromatic carbocycles. The quantitative estimate of drug-likeness (QED) is 0.646. The fourth-order valence-electron chi connectivity index (χ4n) is 1.71. The van der Waals surface area contributed by atoms with Crippen LogP contribution in [0.15, 0.2) is 12.2 Å². The van der Waals surface area contributed by atoms with Gasteiger partial charge < -0.3 is 10.2 Å². The van der Waals surface area contributed by atoms with Gasteiger partial charge in [-0.25, -0.2) is 0 Å². The van der Waals surface area contributed by atoms with Crippen molar-refractivity contribution in [1.82, 2.24) is 10.2 Å². The number of amides is 2. The Hall–Kier alpha value is -1.32. The van der Waals surface area contributed by atoms with Crippen LogP contribution in [-0.2, 0) is 9.59 Å². The van der Waals surface area contributed by atoms with Crippen molar-refractivity contribution in [3.63, 3.8) is 0 Å². The third kappa shape index (κ3) is 2.13. The SMILES string of the molecule is CC=CC(=O)N1CCCC1C(=O)NC. The first-order chi connectivity index (χ1) is 6.70. The summed E-state index contributed by atoms with van der Waals surface area (Å²) >= 11 is 0. The van der Waals surface area contributed by atoms with E-state index in [2.05, 4.69) is 5.32 Å². The second-order valence-corrected chi connectivity index (χ2v) is 3.30. The van der Waals surface area contributed by atoms with Gasteiger partial charge in [0.25, 0.3) is 0 Å². The third-order valence-corrected chi connectivity index (χ3v) is 2.39. The fraction of sp³-hybridized carbons (Fsp3) is 0.600. The standard InChI is InChI=1S/C10H16N2O2/c1-3-5-9(13)12-7-4-6-8(12)10(14)11-2/h3,5,8H,4,6-7H2,1-2H3,(H,11,14). The number of hydrogen-bond acceptors (Lipinski definition) is 2. The Morgan fingerprint density at radius 1 is 1.50 bits per heavy atom. The van der Waals surface area contributed by atoms with Gasteiger partial charge in [0.2, 0.25) is 11.8 Å². The lowest BCUT2D eigenvalue weighted by Gasteiger charge is -2.21. The van der Waals surface area contributed by atoms with E-state index in [1.54, 1.807) is 24.9 Å². The third-order valence-electron chi connectivity index (χ3n) is 2.39. The molecule has 0 aliphatic carbocycles. The monoisotopic (exact) mass is 196 g/mol. The van der Waals surface area contributed by atoms with E-state index in [0.717, 1.165) is 12.8 Å². The van der Waals surface area contributed by atoms with Crippen molar-refractivity contribution in [3.8, 4) is 0 Å². The van der Waals surface area contributed by atoms with Gasteiger partial charge in [0.15, 0.2) is 0 Å². The second kappa shape index (κ2) is 4.79. The molecule has 1 aliphatic rings. The number of allylic oxidation sites excluding steroid dienone is 1. The lowest BCUT2D eigenvalue weighted by Crippen LogP contribution is -2.44. The first-order valence-corrected chi connectivity index (χ1v) is 4.85. The summed E-state index contributed by atoms with van der Waals surface area (Å²) in [6.45, 7) is 2.48. The summed E-state index contributed by atoms with van der Waals surface area (Å²) in [6, 6.07) is -0.274. The molecule has 1 rings (SSSR count). The van der Waals surface area contributed by atoms with Crippen molar-refractivity contribution >= 4 is 11.8 Å². The molecule has 0 spiro atoms. The highest BCUT2D eigenvalue weighted by molar-refractivity contribution is 5.93. The van der Waals surface area contributed by atoms with Crippen LogP contribution in [-0.4, -0.2) is 36.3 Å². The molecule has 4 nitrogen and oxygen atoms in total. The van der Waals surface area contributed by atoms with Crippen molar-refractivity contribution in [2.24, 2.45) is 0 Å². The maximum absolute atomic E-state index is 11.5. The molecule has 1 fully saturated rings. The molecule has 1 heterocycles. The fourth-order valence-corrected chi connectivity index (χ4v) is 1.71. The Labute approximate surface area is 84.0 Å². The van der Waals surface area contributed by atoms with E-state index in [4.69, 9.17) is 0 Å². The van der Waals surface area contributed by atoms with Gasteiger partial charge in [-0.1, -0.05) is 6.08 Å². The Bertz CT molecular complexity index is 261. The van der Waals surface area contributed by atoms with Crippen LogP contribution in [0.25, 0.3) is 0 Å². The smallest absolute Gasteiger partial charge is 0.246 e. The van der Waals surface area contributed by atoms with Crippen LogP contribution in [0, 0.1) is 0 Å². The predicted molar refractivity (Wildman–Crippen MR) is 53.6 cm³/mol. The Morgan fingerprint density at radius 2 is 2.21 bits per heavy atom. The summed E-state index contributed by atoms with van der Waals surface area (Å²) < 4.78 is 0. The number of nitrogens with one attached hydrogen (secondary N) is 1. The van der Waals surface area contributed by atoms with Gasteiger partial charge in [0, 0.05) is 13.6 Å². The molecular weight excluding hydrogens is 180 g/mol. The van der Waals surface area contributed by atoms with Gasteiger partial charge in [-0.15, -0.1) is 0 Å². The van der Waals surface area contributed by atoms with E-state index in [1.165, 1.54) is 6.08 Å². The number of nitrogens with zero attached hydrogens (tertiary/aromatic N) is 1. The van der Waals surface area contributed by atoms with Crippen molar-refractivity contribution < 1.29 is 9.59 Å². The Kier molecular flexibility index (Phi) is 3.68. The molecule has 4 heteroatoms. The molecule has 1 unspecified atom stereocenters. The summed E-state index contributed by atoms with van der Waals surface area (Å²) in [5.74, 6) is -0.140. The molecule has 78 valence electrons. The van der Waals surface area contributed by atoms with Gasteiger partial charge in [-0.2, -0.15) is 0 Å². The van der Waals surface area contributed by atoms with Crippen LogP contribution in [0.5, 0.6) is 0 Å². The lowest BCUT2D eigenvalue weighted by atomic mass is 10.2. The van der Waals surface area contributed by atoms with Crippen LogP contribution >= 0.6 is 0 Å². The minimum atomic E-state index is -0.274. The Balaban J connectivity index is 2.68. The molecule has 2 amide bonds. The summed E-state index contributed by atoms with van der Waals surface area (Å²) in [6.07, 6.45) is 4.87. The molecule has 0 saturated carbocycles. The number of likely N-dealkylation sites (tertiary alicyclic amines) is 1. The molecule has 0 radical (unpaired) electrons. The van der Waals surface area contributed by atoms with Gasteiger partial charge in [0.1, 0.15) is 6.04 Å². The van der Waals surface area contributed by atoms with E-state index in [9.17, 15) is 9.59 Å². The van der Waals surface area contributed by atoms with Crippen molar-refractivity contribution in [3.05, 3.63) is 12.2 Å². The van der Waals surface area contributed by atoms with Gasteiger partial charge in [-0.3, -0.25) is 9.59 Å². The summed E-state index contributed by atoms with van der Waals surface area (Å²) in [5.41, 5.74) is 0. The first-order valence-electron chi connectivity index (χ1n) is 4.85. The van der Waals surface area contributed by atoms with E-state index in [0.29, 0.717) is 6.54 Å². The zero-order valence-corrected chi connectivity index (χ0v) is 8.62. The van der Waals surface area contributed by atoms with Crippen molar-refractivity contribution in [2.45, 2.75) is 25.8 Å². The molecule has 0 aromatic heterocycles. The van der Waals surface area contributed by atoms with Gasteiger partial charge in [-0.05, 0) is 25.8 Å². The lowest BCUT2D eigenvalue weighted by molar-refractivity contribution is -0.134. The first kappa shape index (κ1) is 10.8. The molecule has 14 heavy (non-hydrogen) atoms. The largest absolute Gasteiger partial charge is 0.357 e. The normalized spacial score (nSPS) is 21.6. The maximum atomic E-state index is 11.5. The van der Waals surface area contributed by atoms with Crippen LogP contribution in [0.3, 0.4) is 0 Å². The zero-order chi connectivity index (χ0) is 10.6. The van der Waals surface area contributed by atoms with E-state index in [1.807, 2.05) is 0 Å². The summed E-state index contributed by atoms with van der Waals surface area (Å²) in [4.78, 5) is 24.6. The topological polar surface area (TPSA) is 49.4 Å². The molecule has 0 aromatic rings. The minimum absolute atomic E-state index is 0.0691. The molecule has 1 atom stereocenters. The van der Waals surface area contributed by atoms with E-state index >= 15 is 0 Å². The molecule has 1 saturated heterocycles. The highest BCUT2D eigenvalue weighted by Gasteiger charge is 2.32. The van der Waals surface area contributed by atoms with Crippen molar-refractivity contribution in [2.75, 3.05) is 13.6 Å². The molecule has 1 aliphatic heterocycles. The van der Waals surface area contributed by atoms with Gasteiger partial charge in [0.05, 0.1) is 0 Å². The zero-order valence-electron chi connectivity index (χ0n) is 8.62. The van der Waals surface area contributed by atoms with Crippen LogP contribution in [0.2, 0.25) is 0 Å². The highest BCUT2D eigenvalue weighted by atomic mass is 16.2. The summed E-state index contributed by atoms with van der Waals surface area (Å²) in [7, 11) is 1.60. The average molecular weight is 196 g/mol. The van der Waals surface area contributed by atoms with Crippen LogP contribution in [0.4, 0.5) is 0 Å². The number of likely N-dealkylation sites (N-methyl/N-ethyl adjacent to an activating group) is 1. The van der Waals surface area contributed by atoms with Crippen molar-refractivity contribution in [1.29, 1.82) is 0 Å². The number of carbonyl (C=O) groups excluding carboxylic acids is 2. The van der Waals surface area contributed by atoms with Crippen LogP contribution < -0.4 is 5.32 Å². The molecular formula is C10H16N2O2. The number of carbonyl (C=O) groups is 2. The van der Waals surface area contributed by atoms with Crippen LogP contribution in [0.1, 0.15) is 19.8 Å². The van der Waals surface area contributed by atoms with E-state index < -0.39 is 0 Å². The predicted octanol–water partition coefficient (Wildman–Crippen LogP) is 0.299. The molecule has 0 bridgehead atoms. The van der Waals surface area contributed by atoms with Gasteiger partial charge >= 0.3 is 0 Å². The maximum Gasteiger partial charge on any atom is 0.246 e. The average Bonchev–Trinajstić information content (AvgIpc) is 2.65. The Morgan fingerprint density at radius 3 is 2.79 bits per heavy atom. The molecule has 1 N–H and O–H groups in total. The number of hydrogen-bond donors (Lipinski definition) is 1. The minimum Gasteiger partial charge on any atom is -0.357 e.